The third-order valence-electron chi connectivity index (χ3n) is 2.52. The summed E-state index contributed by atoms with van der Waals surface area (Å²) in [5, 5.41) is 0. The molecule has 2 unspecified atom stereocenters. The molecule has 2 N–H and O–H groups in total. The zero-order chi connectivity index (χ0) is 12.0. The van der Waals surface area contributed by atoms with Gasteiger partial charge in [-0.15, -0.1) is 0 Å². The first-order valence-electron chi connectivity index (χ1n) is 5.88. The van der Waals surface area contributed by atoms with E-state index in [1.807, 2.05) is 6.92 Å². The van der Waals surface area contributed by atoms with Crippen molar-refractivity contribution in [3.63, 3.8) is 0 Å². The molecule has 0 bridgehead atoms. The Bertz CT molecular complexity index is 315. The van der Waals surface area contributed by atoms with Gasteiger partial charge in [-0.3, -0.25) is 0 Å². The summed E-state index contributed by atoms with van der Waals surface area (Å²) in [7, 11) is 0. The van der Waals surface area contributed by atoms with Gasteiger partial charge in [0.1, 0.15) is 0 Å². The van der Waals surface area contributed by atoms with Crippen LogP contribution in [0.2, 0.25) is 0 Å². The van der Waals surface area contributed by atoms with Gasteiger partial charge in [-0.25, -0.2) is 0 Å². The van der Waals surface area contributed by atoms with Crippen molar-refractivity contribution in [2.75, 3.05) is 6.61 Å². The van der Waals surface area contributed by atoms with Gasteiger partial charge in [-0.05, 0) is 0 Å². The Morgan fingerprint density at radius 1 is 1.25 bits per heavy atom. The van der Waals surface area contributed by atoms with Crippen molar-refractivity contribution >= 4 is 21.6 Å². The molecule has 0 fully saturated rings. The van der Waals surface area contributed by atoms with Gasteiger partial charge in [-0.2, -0.15) is 0 Å². The minimum absolute atomic E-state index is 0.115. The van der Waals surface area contributed by atoms with Crippen LogP contribution in [0.4, 0.5) is 0 Å². The topological polar surface area (TPSA) is 35.2 Å². The minimum atomic E-state index is -0.764. The van der Waals surface area contributed by atoms with Crippen LogP contribution in [0.3, 0.4) is 0 Å². The summed E-state index contributed by atoms with van der Waals surface area (Å²) < 4.78 is 6.34. The molecule has 1 rings (SSSR count). The van der Waals surface area contributed by atoms with Crippen molar-refractivity contribution in [1.82, 2.24) is 0 Å². The van der Waals surface area contributed by atoms with E-state index >= 15 is 0 Å². The standard InChI is InChI=1S/C10H14N.C3H7O.Sn/c1-3-9-6-4-5-7-10(9)8(2)11;1-2-3-4;/h3-8H,11H2,1-2H3;2-3H2,1H3;/q;-1;+1. The van der Waals surface area contributed by atoms with Crippen LogP contribution in [0.15, 0.2) is 24.3 Å². The fourth-order valence-corrected chi connectivity index (χ4v) is 4.41. The SMILES string of the molecule is CCC[O][Sn][CH](C)c1ccccc1C(C)N. The van der Waals surface area contributed by atoms with Gasteiger partial charge in [0.25, 0.3) is 0 Å². The average Bonchev–Trinajstić information content (AvgIpc) is 2.29. The normalized spacial score (nSPS) is 14.8. The fourth-order valence-electron chi connectivity index (χ4n) is 1.67. The number of hydrogen-bond donors (Lipinski definition) is 1. The van der Waals surface area contributed by atoms with E-state index in [-0.39, 0.29) is 6.04 Å². The average molecular weight is 326 g/mol. The van der Waals surface area contributed by atoms with Crippen molar-refractivity contribution in [1.29, 1.82) is 0 Å². The molecule has 0 spiro atoms. The number of rotatable bonds is 6. The van der Waals surface area contributed by atoms with Gasteiger partial charge >= 0.3 is 110 Å². The Morgan fingerprint density at radius 2 is 1.88 bits per heavy atom. The molecule has 3 heteroatoms. The summed E-state index contributed by atoms with van der Waals surface area (Å²) in [6.07, 6.45) is 1.11. The van der Waals surface area contributed by atoms with E-state index in [0.717, 1.165) is 13.0 Å². The molecule has 0 saturated heterocycles. The maximum absolute atomic E-state index is 5.99. The predicted octanol–water partition coefficient (Wildman–Crippen LogP) is 2.81. The molecule has 2 radical (unpaired) electrons. The van der Waals surface area contributed by atoms with Crippen LogP contribution in [0.5, 0.6) is 0 Å². The molecule has 0 aliphatic rings. The predicted molar refractivity (Wildman–Crippen MR) is 69.5 cm³/mol. The van der Waals surface area contributed by atoms with Crippen molar-refractivity contribution in [3.05, 3.63) is 35.4 Å². The second kappa shape index (κ2) is 7.30. The second-order valence-corrected chi connectivity index (χ2v) is 8.07. The molecule has 2 nitrogen and oxygen atoms in total. The fraction of sp³-hybridized carbons (Fsp3) is 0.538. The van der Waals surface area contributed by atoms with Crippen molar-refractivity contribution in [2.24, 2.45) is 5.73 Å². The number of hydrogen-bond acceptors (Lipinski definition) is 2. The van der Waals surface area contributed by atoms with Crippen LogP contribution in [-0.2, 0) is 3.07 Å². The molecule has 1 aromatic rings. The molecular formula is C13H21NOSn. The summed E-state index contributed by atoms with van der Waals surface area (Å²) in [6.45, 7) is 7.38. The van der Waals surface area contributed by atoms with Crippen LogP contribution < -0.4 is 5.73 Å². The summed E-state index contributed by atoms with van der Waals surface area (Å²) in [5.41, 5.74) is 8.65. The molecule has 2 atom stereocenters. The molecular weight excluding hydrogens is 305 g/mol. The molecule has 16 heavy (non-hydrogen) atoms. The van der Waals surface area contributed by atoms with Crippen LogP contribution in [0.25, 0.3) is 0 Å². The summed E-state index contributed by atoms with van der Waals surface area (Å²) in [5.74, 6) is 0. The van der Waals surface area contributed by atoms with Gasteiger partial charge in [0, 0.05) is 0 Å². The van der Waals surface area contributed by atoms with Crippen LogP contribution in [0.1, 0.15) is 48.3 Å². The Balaban J connectivity index is 2.70. The maximum atomic E-state index is 5.99. The molecule has 88 valence electrons. The van der Waals surface area contributed by atoms with Gasteiger partial charge < -0.3 is 0 Å². The van der Waals surface area contributed by atoms with Gasteiger partial charge in [0.05, 0.1) is 0 Å². The third kappa shape index (κ3) is 4.07. The van der Waals surface area contributed by atoms with E-state index in [4.69, 9.17) is 8.81 Å². The molecule has 0 heterocycles. The summed E-state index contributed by atoms with van der Waals surface area (Å²) >= 11 is -0.764. The Labute approximate surface area is 109 Å². The van der Waals surface area contributed by atoms with Crippen LogP contribution >= 0.6 is 0 Å². The van der Waals surface area contributed by atoms with Crippen LogP contribution in [0, 0.1) is 0 Å². The molecule has 0 aliphatic carbocycles. The van der Waals surface area contributed by atoms with E-state index in [0.29, 0.717) is 3.93 Å². The molecule has 1 aromatic carbocycles. The van der Waals surface area contributed by atoms with Gasteiger partial charge in [-0.1, -0.05) is 0 Å². The second-order valence-electron chi connectivity index (χ2n) is 4.11. The molecule has 0 aliphatic heterocycles. The van der Waals surface area contributed by atoms with E-state index < -0.39 is 21.6 Å². The van der Waals surface area contributed by atoms with E-state index in [1.54, 1.807) is 0 Å². The van der Waals surface area contributed by atoms with Crippen molar-refractivity contribution in [2.45, 2.75) is 37.2 Å². The number of benzene rings is 1. The Morgan fingerprint density at radius 3 is 2.44 bits per heavy atom. The summed E-state index contributed by atoms with van der Waals surface area (Å²) in [6, 6.07) is 8.60. The van der Waals surface area contributed by atoms with E-state index in [2.05, 4.69) is 38.1 Å². The van der Waals surface area contributed by atoms with Crippen molar-refractivity contribution in [3.8, 4) is 0 Å². The summed E-state index contributed by atoms with van der Waals surface area (Å²) in [4.78, 5) is 0. The number of nitrogens with two attached hydrogens (primary N) is 1. The van der Waals surface area contributed by atoms with Gasteiger partial charge in [0.15, 0.2) is 0 Å². The van der Waals surface area contributed by atoms with Crippen LogP contribution in [-0.4, -0.2) is 28.2 Å². The quantitative estimate of drug-likeness (QED) is 0.645. The third-order valence-corrected chi connectivity index (χ3v) is 5.47. The Kier molecular flexibility index (Phi) is 6.39. The van der Waals surface area contributed by atoms with Gasteiger partial charge in [0.2, 0.25) is 0 Å². The first-order valence-corrected chi connectivity index (χ1v) is 8.69. The Hall–Kier alpha value is -0.0613. The monoisotopic (exact) mass is 327 g/mol. The zero-order valence-electron chi connectivity index (χ0n) is 10.4. The first-order chi connectivity index (χ1) is 7.66. The van der Waals surface area contributed by atoms with E-state index in [9.17, 15) is 0 Å². The molecule has 0 amide bonds. The molecule has 0 aromatic heterocycles. The first kappa shape index (κ1) is 14.0. The molecule has 0 saturated carbocycles. The zero-order valence-corrected chi connectivity index (χ0v) is 13.2. The van der Waals surface area contributed by atoms with E-state index in [1.165, 1.54) is 11.1 Å². The van der Waals surface area contributed by atoms with Crippen molar-refractivity contribution < 1.29 is 3.07 Å².